The number of hydrogen-bond acceptors (Lipinski definition) is 4. The van der Waals surface area contributed by atoms with Gasteiger partial charge in [-0.05, 0) is 19.4 Å². The number of hydrogen-bond donors (Lipinski definition) is 1. The van der Waals surface area contributed by atoms with Crippen LogP contribution in [0.2, 0.25) is 0 Å². The monoisotopic (exact) mass is 196 g/mol. The smallest absolute Gasteiger partial charge is 0.138 e. The van der Waals surface area contributed by atoms with Gasteiger partial charge in [-0.2, -0.15) is 0 Å². The molecule has 1 aliphatic heterocycles. The lowest BCUT2D eigenvalue weighted by Crippen LogP contribution is -2.15. The summed E-state index contributed by atoms with van der Waals surface area (Å²) in [5, 5.41) is 4.05. The maximum absolute atomic E-state index is 5.44. The van der Waals surface area contributed by atoms with Crippen LogP contribution < -0.4 is 5.73 Å². The molecule has 4 nitrogen and oxygen atoms in total. The first-order valence-corrected chi connectivity index (χ1v) is 5.13. The minimum atomic E-state index is 0.416. The van der Waals surface area contributed by atoms with Gasteiger partial charge in [-0.25, -0.2) is 0 Å². The van der Waals surface area contributed by atoms with Gasteiger partial charge in [-0.15, -0.1) is 0 Å². The fourth-order valence-corrected chi connectivity index (χ4v) is 1.76. The maximum atomic E-state index is 5.44. The first-order chi connectivity index (χ1) is 6.90. The van der Waals surface area contributed by atoms with Gasteiger partial charge in [-0.3, -0.25) is 0 Å². The molecule has 1 aromatic rings. The quantitative estimate of drug-likeness (QED) is 0.785. The van der Waals surface area contributed by atoms with Crippen molar-refractivity contribution in [3.63, 3.8) is 0 Å². The maximum Gasteiger partial charge on any atom is 0.138 e. The van der Waals surface area contributed by atoms with Gasteiger partial charge in [0.05, 0.1) is 12.3 Å². The van der Waals surface area contributed by atoms with Crippen molar-refractivity contribution in [1.29, 1.82) is 0 Å². The fourth-order valence-electron chi connectivity index (χ4n) is 1.76. The molecule has 0 amide bonds. The SMILES string of the molecule is NCCc1cc(C2CCCOC2)no1. The molecule has 1 atom stereocenters. The second-order valence-electron chi connectivity index (χ2n) is 3.67. The summed E-state index contributed by atoms with van der Waals surface area (Å²) in [5.74, 6) is 1.30. The standard InChI is InChI=1S/C10H16N2O2/c11-4-3-9-6-10(12-14-9)8-2-1-5-13-7-8/h6,8H,1-5,7,11H2. The predicted molar refractivity (Wildman–Crippen MR) is 52.1 cm³/mol. The zero-order chi connectivity index (χ0) is 9.80. The van der Waals surface area contributed by atoms with Gasteiger partial charge >= 0.3 is 0 Å². The zero-order valence-corrected chi connectivity index (χ0v) is 8.24. The summed E-state index contributed by atoms with van der Waals surface area (Å²) in [6, 6.07) is 2.01. The largest absolute Gasteiger partial charge is 0.381 e. The van der Waals surface area contributed by atoms with E-state index in [2.05, 4.69) is 5.16 Å². The van der Waals surface area contributed by atoms with Crippen LogP contribution in [0.4, 0.5) is 0 Å². The van der Waals surface area contributed by atoms with Crippen molar-refractivity contribution >= 4 is 0 Å². The highest BCUT2D eigenvalue weighted by Crippen LogP contribution is 2.24. The Morgan fingerprint density at radius 2 is 2.50 bits per heavy atom. The van der Waals surface area contributed by atoms with Crippen LogP contribution >= 0.6 is 0 Å². The van der Waals surface area contributed by atoms with Crippen molar-refractivity contribution in [3.05, 3.63) is 17.5 Å². The number of nitrogens with zero attached hydrogens (tertiary/aromatic N) is 1. The van der Waals surface area contributed by atoms with Crippen LogP contribution in [0.15, 0.2) is 10.6 Å². The number of nitrogens with two attached hydrogens (primary N) is 1. The molecule has 2 heterocycles. The van der Waals surface area contributed by atoms with Gasteiger partial charge in [0.25, 0.3) is 0 Å². The molecule has 0 aromatic carbocycles. The van der Waals surface area contributed by atoms with Gasteiger partial charge in [-0.1, -0.05) is 5.16 Å². The molecule has 1 saturated heterocycles. The van der Waals surface area contributed by atoms with Crippen molar-refractivity contribution in [1.82, 2.24) is 5.16 Å². The van der Waals surface area contributed by atoms with Crippen LogP contribution in [-0.4, -0.2) is 24.9 Å². The van der Waals surface area contributed by atoms with Crippen molar-refractivity contribution in [2.45, 2.75) is 25.2 Å². The van der Waals surface area contributed by atoms with E-state index in [1.165, 1.54) is 0 Å². The molecule has 0 radical (unpaired) electrons. The molecule has 14 heavy (non-hydrogen) atoms. The highest BCUT2D eigenvalue weighted by atomic mass is 16.5. The second-order valence-corrected chi connectivity index (χ2v) is 3.67. The van der Waals surface area contributed by atoms with Crippen molar-refractivity contribution in [3.8, 4) is 0 Å². The Balaban J connectivity index is 2.00. The van der Waals surface area contributed by atoms with Crippen LogP contribution in [0.3, 0.4) is 0 Å². The Labute approximate surface area is 83.4 Å². The Bertz CT molecular complexity index is 279. The summed E-state index contributed by atoms with van der Waals surface area (Å²) >= 11 is 0. The van der Waals surface area contributed by atoms with Gasteiger partial charge in [0.2, 0.25) is 0 Å². The Hall–Kier alpha value is -0.870. The normalized spacial score (nSPS) is 22.5. The van der Waals surface area contributed by atoms with Gasteiger partial charge in [0.15, 0.2) is 0 Å². The van der Waals surface area contributed by atoms with E-state index in [4.69, 9.17) is 15.0 Å². The van der Waals surface area contributed by atoms with E-state index >= 15 is 0 Å². The van der Waals surface area contributed by atoms with E-state index in [1.54, 1.807) is 0 Å². The summed E-state index contributed by atoms with van der Waals surface area (Å²) in [6.45, 7) is 2.26. The minimum absolute atomic E-state index is 0.416. The predicted octanol–water partition coefficient (Wildman–Crippen LogP) is 1.07. The third-order valence-electron chi connectivity index (χ3n) is 2.55. The highest BCUT2D eigenvalue weighted by Gasteiger charge is 2.19. The molecule has 0 bridgehead atoms. The molecule has 1 fully saturated rings. The van der Waals surface area contributed by atoms with E-state index in [1.807, 2.05) is 6.07 Å². The molecule has 1 unspecified atom stereocenters. The molecule has 1 aromatic heterocycles. The van der Waals surface area contributed by atoms with Gasteiger partial charge < -0.3 is 15.0 Å². The molecule has 2 N–H and O–H groups in total. The van der Waals surface area contributed by atoms with Crippen LogP contribution in [0.5, 0.6) is 0 Å². The Morgan fingerprint density at radius 1 is 1.57 bits per heavy atom. The van der Waals surface area contributed by atoms with Crippen LogP contribution in [0.25, 0.3) is 0 Å². The average Bonchev–Trinajstić information content (AvgIpc) is 2.68. The van der Waals surface area contributed by atoms with Gasteiger partial charge in [0, 0.05) is 25.0 Å². The second kappa shape index (κ2) is 4.57. The number of ether oxygens (including phenoxy) is 1. The summed E-state index contributed by atoms with van der Waals surface area (Å²) in [4.78, 5) is 0. The van der Waals surface area contributed by atoms with Crippen LogP contribution in [-0.2, 0) is 11.2 Å². The van der Waals surface area contributed by atoms with Crippen LogP contribution in [0, 0.1) is 0 Å². The molecular formula is C10H16N2O2. The lowest BCUT2D eigenvalue weighted by Gasteiger charge is -2.19. The third-order valence-corrected chi connectivity index (χ3v) is 2.55. The number of aromatic nitrogens is 1. The summed E-state index contributed by atoms with van der Waals surface area (Å²) in [7, 11) is 0. The molecule has 1 aliphatic rings. The third kappa shape index (κ3) is 2.13. The molecular weight excluding hydrogens is 180 g/mol. The highest BCUT2D eigenvalue weighted by molar-refractivity contribution is 5.11. The van der Waals surface area contributed by atoms with E-state index in [9.17, 15) is 0 Å². The van der Waals surface area contributed by atoms with Crippen molar-refractivity contribution in [2.75, 3.05) is 19.8 Å². The topological polar surface area (TPSA) is 61.3 Å². The first-order valence-electron chi connectivity index (χ1n) is 5.13. The van der Waals surface area contributed by atoms with Crippen LogP contribution in [0.1, 0.15) is 30.2 Å². The minimum Gasteiger partial charge on any atom is -0.381 e. The molecule has 0 saturated carbocycles. The van der Waals surface area contributed by atoms with Gasteiger partial charge in [0.1, 0.15) is 5.76 Å². The van der Waals surface area contributed by atoms with Crippen molar-refractivity contribution in [2.24, 2.45) is 5.73 Å². The zero-order valence-electron chi connectivity index (χ0n) is 8.24. The molecule has 78 valence electrons. The summed E-state index contributed by atoms with van der Waals surface area (Å²) in [6.07, 6.45) is 3.03. The number of rotatable bonds is 3. The van der Waals surface area contributed by atoms with E-state index in [-0.39, 0.29) is 0 Å². The summed E-state index contributed by atoms with van der Waals surface area (Å²) < 4.78 is 10.6. The molecule has 2 rings (SSSR count). The Morgan fingerprint density at radius 3 is 3.21 bits per heavy atom. The lowest BCUT2D eigenvalue weighted by atomic mass is 9.98. The first kappa shape index (κ1) is 9.68. The summed E-state index contributed by atoms with van der Waals surface area (Å²) in [5.41, 5.74) is 6.46. The molecule has 0 aliphatic carbocycles. The fraction of sp³-hybridized carbons (Fsp3) is 0.700. The lowest BCUT2D eigenvalue weighted by molar-refractivity contribution is 0.0783. The van der Waals surface area contributed by atoms with Crippen molar-refractivity contribution < 1.29 is 9.26 Å². The van der Waals surface area contributed by atoms with E-state index in [0.717, 1.165) is 43.9 Å². The molecule has 4 heteroatoms. The molecule has 0 spiro atoms. The van der Waals surface area contributed by atoms with E-state index < -0.39 is 0 Å². The Kier molecular flexibility index (Phi) is 3.16. The van der Waals surface area contributed by atoms with E-state index in [0.29, 0.717) is 12.5 Å². The average molecular weight is 196 g/mol.